The highest BCUT2D eigenvalue weighted by atomic mass is 14.9. The van der Waals surface area contributed by atoms with Crippen LogP contribution in [0.15, 0.2) is 42.6 Å². The van der Waals surface area contributed by atoms with Crippen molar-refractivity contribution in [3.8, 4) is 11.3 Å². The zero-order valence-electron chi connectivity index (χ0n) is 8.20. The molecule has 0 radical (unpaired) electrons. The molecule has 0 unspecified atom stereocenters. The molecular weight excluding hydrogens is 170 g/mol. The van der Waals surface area contributed by atoms with Gasteiger partial charge in [-0.3, -0.25) is 0 Å². The predicted octanol–water partition coefficient (Wildman–Crippen LogP) is 2.08. The van der Waals surface area contributed by atoms with E-state index < -0.39 is 0 Å². The highest BCUT2D eigenvalue weighted by Gasteiger charge is 2.24. The average Bonchev–Trinajstić information content (AvgIpc) is 2.57. The maximum absolute atomic E-state index is 2.22. The maximum atomic E-state index is 2.22. The minimum atomic E-state index is 1.08. The number of aromatic nitrogens is 1. The van der Waals surface area contributed by atoms with Crippen LogP contribution in [0.5, 0.6) is 0 Å². The lowest BCUT2D eigenvalue weighted by molar-refractivity contribution is -0.660. The van der Waals surface area contributed by atoms with E-state index >= 15 is 0 Å². The number of nitrogens with zero attached hydrogens (tertiary/aromatic N) is 1. The van der Waals surface area contributed by atoms with Crippen LogP contribution in [0.25, 0.3) is 11.3 Å². The molecule has 1 heterocycles. The van der Waals surface area contributed by atoms with Crippen molar-refractivity contribution in [3.63, 3.8) is 0 Å². The van der Waals surface area contributed by atoms with Gasteiger partial charge in [-0.1, -0.05) is 18.2 Å². The number of hydrogen-bond acceptors (Lipinski definition) is 0. The maximum Gasteiger partial charge on any atom is 0.216 e. The van der Waals surface area contributed by atoms with Gasteiger partial charge in [0.2, 0.25) is 5.69 Å². The first-order valence-corrected chi connectivity index (χ1v) is 4.92. The van der Waals surface area contributed by atoms with Gasteiger partial charge in [0.05, 0.1) is 0 Å². The molecule has 0 fully saturated rings. The third-order valence-corrected chi connectivity index (χ3v) is 2.92. The van der Waals surface area contributed by atoms with Crippen molar-refractivity contribution in [2.45, 2.75) is 6.42 Å². The fourth-order valence-electron chi connectivity index (χ4n) is 2.28. The van der Waals surface area contributed by atoms with Crippen LogP contribution < -0.4 is 4.57 Å². The van der Waals surface area contributed by atoms with Gasteiger partial charge in [-0.05, 0) is 17.7 Å². The lowest BCUT2D eigenvalue weighted by Gasteiger charge is -1.97. The van der Waals surface area contributed by atoms with Crippen molar-refractivity contribution < 1.29 is 4.57 Å². The van der Waals surface area contributed by atoms with Gasteiger partial charge in [0, 0.05) is 23.6 Å². The molecule has 0 aliphatic heterocycles. The van der Waals surface area contributed by atoms with Gasteiger partial charge in [-0.2, -0.15) is 0 Å². The number of hydrogen-bond donors (Lipinski definition) is 0. The molecule has 1 aliphatic carbocycles. The van der Waals surface area contributed by atoms with Crippen molar-refractivity contribution in [2.75, 3.05) is 0 Å². The highest BCUT2D eigenvalue weighted by Crippen LogP contribution is 2.32. The molecule has 1 aromatic carbocycles. The fraction of sp³-hybridized carbons (Fsp3) is 0.154. The Labute approximate surface area is 83.6 Å². The fourth-order valence-corrected chi connectivity index (χ4v) is 2.28. The number of benzene rings is 1. The Kier molecular flexibility index (Phi) is 1.48. The second-order valence-corrected chi connectivity index (χ2v) is 3.83. The van der Waals surface area contributed by atoms with Crippen LogP contribution in [-0.4, -0.2) is 0 Å². The predicted molar refractivity (Wildman–Crippen MR) is 55.9 cm³/mol. The smallest absolute Gasteiger partial charge is 0.201 e. The van der Waals surface area contributed by atoms with Crippen molar-refractivity contribution in [1.29, 1.82) is 0 Å². The monoisotopic (exact) mass is 182 g/mol. The third-order valence-electron chi connectivity index (χ3n) is 2.92. The molecule has 1 heteroatoms. The molecule has 14 heavy (non-hydrogen) atoms. The first-order valence-electron chi connectivity index (χ1n) is 4.92. The normalized spacial score (nSPS) is 12.4. The van der Waals surface area contributed by atoms with Gasteiger partial charge in [-0.25, -0.2) is 4.57 Å². The molecule has 1 aromatic heterocycles. The standard InChI is InChI=1S/C13H12N/c1-14-8-4-6-11-9-10-5-2-3-7-12(10)13(11)14/h2-8H,9H2,1H3/q+1. The van der Waals surface area contributed by atoms with E-state index in [1.807, 2.05) is 0 Å². The molecule has 1 nitrogen and oxygen atoms in total. The Morgan fingerprint density at radius 2 is 1.79 bits per heavy atom. The van der Waals surface area contributed by atoms with Crippen LogP contribution in [0.1, 0.15) is 11.1 Å². The lowest BCUT2D eigenvalue weighted by Crippen LogP contribution is -2.30. The summed E-state index contributed by atoms with van der Waals surface area (Å²) >= 11 is 0. The van der Waals surface area contributed by atoms with Crippen molar-refractivity contribution in [2.24, 2.45) is 7.05 Å². The van der Waals surface area contributed by atoms with Crippen molar-refractivity contribution in [1.82, 2.24) is 0 Å². The van der Waals surface area contributed by atoms with E-state index in [4.69, 9.17) is 0 Å². The largest absolute Gasteiger partial charge is 0.216 e. The second-order valence-electron chi connectivity index (χ2n) is 3.83. The van der Waals surface area contributed by atoms with Crippen molar-refractivity contribution in [3.05, 3.63) is 53.7 Å². The van der Waals surface area contributed by atoms with Crippen LogP contribution in [0.4, 0.5) is 0 Å². The molecule has 0 N–H and O–H groups in total. The second kappa shape index (κ2) is 2.68. The molecule has 0 saturated carbocycles. The summed E-state index contributed by atoms with van der Waals surface area (Å²) < 4.78 is 2.21. The molecule has 68 valence electrons. The average molecular weight is 182 g/mol. The van der Waals surface area contributed by atoms with E-state index in [9.17, 15) is 0 Å². The lowest BCUT2D eigenvalue weighted by atomic mass is 10.1. The van der Waals surface area contributed by atoms with E-state index in [1.54, 1.807) is 0 Å². The minimum Gasteiger partial charge on any atom is -0.201 e. The van der Waals surface area contributed by atoms with Gasteiger partial charge < -0.3 is 0 Å². The van der Waals surface area contributed by atoms with Gasteiger partial charge >= 0.3 is 0 Å². The zero-order chi connectivity index (χ0) is 9.54. The molecule has 0 atom stereocenters. The third kappa shape index (κ3) is 0.925. The van der Waals surface area contributed by atoms with E-state index in [0.717, 1.165) is 6.42 Å². The van der Waals surface area contributed by atoms with E-state index in [1.165, 1.54) is 22.4 Å². The Balaban J connectivity index is 2.35. The minimum absolute atomic E-state index is 1.08. The highest BCUT2D eigenvalue weighted by molar-refractivity contribution is 5.70. The first-order chi connectivity index (χ1) is 6.86. The van der Waals surface area contributed by atoms with Crippen LogP contribution in [-0.2, 0) is 13.5 Å². The summed E-state index contributed by atoms with van der Waals surface area (Å²) in [6.45, 7) is 0. The summed E-state index contributed by atoms with van der Waals surface area (Å²) in [6.07, 6.45) is 3.20. The van der Waals surface area contributed by atoms with Gasteiger partial charge in [-0.15, -0.1) is 0 Å². The molecule has 0 amide bonds. The van der Waals surface area contributed by atoms with Gasteiger partial charge in [0.1, 0.15) is 7.05 Å². The Morgan fingerprint density at radius 1 is 1.00 bits per heavy atom. The molecule has 1 aliphatic rings. The molecule has 0 bridgehead atoms. The quantitative estimate of drug-likeness (QED) is 0.469. The van der Waals surface area contributed by atoms with Gasteiger partial charge in [0.15, 0.2) is 6.20 Å². The van der Waals surface area contributed by atoms with Crippen LogP contribution in [0, 0.1) is 0 Å². The van der Waals surface area contributed by atoms with E-state index in [-0.39, 0.29) is 0 Å². The first kappa shape index (κ1) is 7.74. The summed E-state index contributed by atoms with van der Waals surface area (Å²) in [5, 5.41) is 0. The molecule has 0 spiro atoms. The van der Waals surface area contributed by atoms with Crippen LogP contribution in [0.2, 0.25) is 0 Å². The Morgan fingerprint density at radius 3 is 2.71 bits per heavy atom. The molecule has 0 saturated heterocycles. The summed E-state index contributed by atoms with van der Waals surface area (Å²) in [6, 6.07) is 13.0. The summed E-state index contributed by atoms with van der Waals surface area (Å²) in [4.78, 5) is 0. The summed E-state index contributed by atoms with van der Waals surface area (Å²) in [5.74, 6) is 0. The number of aryl methyl sites for hydroxylation is 1. The summed E-state index contributed by atoms with van der Waals surface area (Å²) in [7, 11) is 2.11. The van der Waals surface area contributed by atoms with E-state index in [0.29, 0.717) is 0 Å². The molecule has 3 rings (SSSR count). The molecular formula is C13H12N+. The van der Waals surface area contributed by atoms with E-state index in [2.05, 4.69) is 54.2 Å². The Hall–Kier alpha value is -1.63. The molecule has 2 aromatic rings. The van der Waals surface area contributed by atoms with Gasteiger partial charge in [0.25, 0.3) is 0 Å². The zero-order valence-corrected chi connectivity index (χ0v) is 8.20. The SMILES string of the molecule is C[n+]1cccc2c1-c1ccccc1C2. The Bertz CT molecular complexity index is 500. The number of pyridine rings is 1. The van der Waals surface area contributed by atoms with Crippen LogP contribution in [0.3, 0.4) is 0 Å². The van der Waals surface area contributed by atoms with Crippen molar-refractivity contribution >= 4 is 0 Å². The number of rotatable bonds is 0. The van der Waals surface area contributed by atoms with Crippen LogP contribution >= 0.6 is 0 Å². The topological polar surface area (TPSA) is 3.88 Å². The number of fused-ring (bicyclic) bond motifs is 3. The summed E-state index contributed by atoms with van der Waals surface area (Å²) in [5.41, 5.74) is 5.66.